The molecule has 1 aromatic carbocycles. The lowest BCUT2D eigenvalue weighted by Gasteiger charge is -2.38. The standard InChI is InChI=1S/C19H20FN5O/c1-14(19(26)23-17-7-3-2-6-16(17)20)24-9-11-25(12-10-24)18-15(13-21)5-4-8-22-18/h2-8,14H,9-12H2,1H3,(H,23,26). The first-order chi connectivity index (χ1) is 12.6. The molecule has 2 aromatic rings. The highest BCUT2D eigenvalue weighted by molar-refractivity contribution is 5.94. The number of piperazine rings is 1. The van der Waals surface area contributed by atoms with E-state index < -0.39 is 5.82 Å². The van der Waals surface area contributed by atoms with Crippen LogP contribution in [-0.2, 0) is 4.79 Å². The number of rotatable bonds is 4. The summed E-state index contributed by atoms with van der Waals surface area (Å²) in [6.07, 6.45) is 1.67. The summed E-state index contributed by atoms with van der Waals surface area (Å²) >= 11 is 0. The molecule has 1 atom stereocenters. The maximum absolute atomic E-state index is 13.7. The number of nitrogens with one attached hydrogen (secondary N) is 1. The molecule has 0 aliphatic carbocycles. The van der Waals surface area contributed by atoms with E-state index in [1.807, 2.05) is 11.8 Å². The fraction of sp³-hybridized carbons (Fsp3) is 0.316. The third-order valence-corrected chi connectivity index (χ3v) is 4.58. The number of nitriles is 1. The van der Waals surface area contributed by atoms with Gasteiger partial charge in [-0.25, -0.2) is 9.37 Å². The summed E-state index contributed by atoms with van der Waals surface area (Å²) in [5.74, 6) is -0.00531. The summed E-state index contributed by atoms with van der Waals surface area (Å²) < 4.78 is 13.7. The zero-order valence-electron chi connectivity index (χ0n) is 14.5. The van der Waals surface area contributed by atoms with Gasteiger partial charge < -0.3 is 10.2 Å². The number of benzene rings is 1. The van der Waals surface area contributed by atoms with Crippen molar-refractivity contribution in [3.05, 3.63) is 54.0 Å². The molecule has 1 aliphatic heterocycles. The maximum Gasteiger partial charge on any atom is 0.241 e. The van der Waals surface area contributed by atoms with Crippen molar-refractivity contribution in [3.8, 4) is 6.07 Å². The van der Waals surface area contributed by atoms with Crippen molar-refractivity contribution in [2.75, 3.05) is 36.4 Å². The molecule has 1 aromatic heterocycles. The van der Waals surface area contributed by atoms with Crippen LogP contribution in [0.1, 0.15) is 12.5 Å². The second-order valence-corrected chi connectivity index (χ2v) is 6.15. The minimum Gasteiger partial charge on any atom is -0.353 e. The Kier molecular flexibility index (Phi) is 5.44. The fourth-order valence-corrected chi connectivity index (χ4v) is 3.02. The summed E-state index contributed by atoms with van der Waals surface area (Å²) in [6, 6.07) is 11.4. The van der Waals surface area contributed by atoms with Gasteiger partial charge in [0.05, 0.1) is 17.3 Å². The van der Waals surface area contributed by atoms with Crippen LogP contribution >= 0.6 is 0 Å². The predicted molar refractivity (Wildman–Crippen MR) is 97.2 cm³/mol. The third kappa shape index (κ3) is 3.81. The van der Waals surface area contributed by atoms with Gasteiger partial charge in [0.15, 0.2) is 0 Å². The molecular formula is C19H20FN5O. The normalized spacial score (nSPS) is 16.0. The molecule has 0 bridgehead atoms. The SMILES string of the molecule is CC(C(=O)Nc1ccccc1F)N1CCN(c2ncccc2C#N)CC1. The molecule has 0 spiro atoms. The number of carbonyl (C=O) groups is 1. The van der Waals surface area contributed by atoms with Gasteiger partial charge >= 0.3 is 0 Å². The Labute approximate surface area is 151 Å². The highest BCUT2D eigenvalue weighted by Crippen LogP contribution is 2.19. The summed E-state index contributed by atoms with van der Waals surface area (Å²) in [5, 5.41) is 11.9. The fourth-order valence-electron chi connectivity index (χ4n) is 3.02. The molecule has 1 saturated heterocycles. The molecular weight excluding hydrogens is 333 g/mol. The first-order valence-corrected chi connectivity index (χ1v) is 8.49. The van der Waals surface area contributed by atoms with Crippen LogP contribution in [0, 0.1) is 17.1 Å². The Morgan fingerprint density at radius 3 is 2.65 bits per heavy atom. The summed E-state index contributed by atoms with van der Waals surface area (Å²) in [6.45, 7) is 4.47. The number of halogens is 1. The van der Waals surface area contributed by atoms with Crippen LogP contribution in [0.3, 0.4) is 0 Å². The summed E-state index contributed by atoms with van der Waals surface area (Å²) in [4.78, 5) is 20.8. The highest BCUT2D eigenvalue weighted by atomic mass is 19.1. The van der Waals surface area contributed by atoms with Gasteiger partial charge in [0.25, 0.3) is 0 Å². The summed E-state index contributed by atoms with van der Waals surface area (Å²) in [5.41, 5.74) is 0.737. The minimum absolute atomic E-state index is 0.190. The van der Waals surface area contributed by atoms with Crippen LogP contribution in [0.5, 0.6) is 0 Å². The highest BCUT2D eigenvalue weighted by Gasteiger charge is 2.27. The van der Waals surface area contributed by atoms with Crippen molar-refractivity contribution in [2.24, 2.45) is 0 Å². The molecule has 2 heterocycles. The Bertz CT molecular complexity index is 827. The second kappa shape index (κ2) is 7.93. The number of carbonyl (C=O) groups excluding carboxylic acids is 1. The van der Waals surface area contributed by atoms with E-state index in [9.17, 15) is 14.4 Å². The van der Waals surface area contributed by atoms with Crippen LogP contribution < -0.4 is 10.2 Å². The zero-order valence-corrected chi connectivity index (χ0v) is 14.5. The van der Waals surface area contributed by atoms with Crippen molar-refractivity contribution >= 4 is 17.4 Å². The van der Waals surface area contributed by atoms with E-state index in [1.54, 1.807) is 36.5 Å². The molecule has 7 heteroatoms. The first-order valence-electron chi connectivity index (χ1n) is 8.49. The molecule has 1 fully saturated rings. The van der Waals surface area contributed by atoms with Crippen molar-refractivity contribution in [1.29, 1.82) is 5.26 Å². The topological polar surface area (TPSA) is 72.3 Å². The number of para-hydroxylation sites is 1. The Morgan fingerprint density at radius 1 is 1.23 bits per heavy atom. The Morgan fingerprint density at radius 2 is 1.96 bits per heavy atom. The number of anilines is 2. The molecule has 6 nitrogen and oxygen atoms in total. The van der Waals surface area contributed by atoms with Crippen LogP contribution in [0.4, 0.5) is 15.9 Å². The Hall–Kier alpha value is -2.98. The second-order valence-electron chi connectivity index (χ2n) is 6.15. The van der Waals surface area contributed by atoms with Gasteiger partial charge in [-0.1, -0.05) is 12.1 Å². The Balaban J connectivity index is 1.60. The number of amides is 1. The number of hydrogen-bond acceptors (Lipinski definition) is 5. The van der Waals surface area contributed by atoms with Crippen molar-refractivity contribution in [3.63, 3.8) is 0 Å². The molecule has 1 amide bonds. The van der Waals surface area contributed by atoms with Gasteiger partial charge in [-0.15, -0.1) is 0 Å². The smallest absolute Gasteiger partial charge is 0.241 e. The zero-order chi connectivity index (χ0) is 18.5. The van der Waals surface area contributed by atoms with Gasteiger partial charge in [-0.2, -0.15) is 5.26 Å². The van der Waals surface area contributed by atoms with E-state index in [-0.39, 0.29) is 17.6 Å². The van der Waals surface area contributed by atoms with Crippen LogP contribution in [0.15, 0.2) is 42.6 Å². The van der Waals surface area contributed by atoms with E-state index in [4.69, 9.17) is 0 Å². The molecule has 3 rings (SSSR count). The number of aromatic nitrogens is 1. The average Bonchev–Trinajstić information content (AvgIpc) is 2.69. The average molecular weight is 353 g/mol. The van der Waals surface area contributed by atoms with Crippen molar-refractivity contribution < 1.29 is 9.18 Å². The van der Waals surface area contributed by atoms with E-state index in [2.05, 4.69) is 21.3 Å². The van der Waals surface area contributed by atoms with Crippen molar-refractivity contribution in [1.82, 2.24) is 9.88 Å². The molecule has 1 unspecified atom stereocenters. The van der Waals surface area contributed by atoms with E-state index in [0.717, 1.165) is 0 Å². The largest absolute Gasteiger partial charge is 0.353 e. The number of hydrogen-bond donors (Lipinski definition) is 1. The maximum atomic E-state index is 13.7. The molecule has 1 aliphatic rings. The van der Waals surface area contributed by atoms with Gasteiger partial charge in [0.1, 0.15) is 17.7 Å². The lowest BCUT2D eigenvalue weighted by atomic mass is 10.2. The monoisotopic (exact) mass is 353 g/mol. The van der Waals surface area contributed by atoms with Crippen LogP contribution in [-0.4, -0.2) is 48.0 Å². The molecule has 0 radical (unpaired) electrons. The van der Waals surface area contributed by atoms with Gasteiger partial charge in [0.2, 0.25) is 5.91 Å². The molecule has 26 heavy (non-hydrogen) atoms. The number of pyridine rings is 1. The van der Waals surface area contributed by atoms with E-state index in [0.29, 0.717) is 37.6 Å². The molecule has 134 valence electrons. The van der Waals surface area contributed by atoms with E-state index in [1.165, 1.54) is 6.07 Å². The minimum atomic E-state index is -0.447. The first kappa shape index (κ1) is 17.8. The van der Waals surface area contributed by atoms with E-state index >= 15 is 0 Å². The number of nitrogens with zero attached hydrogens (tertiary/aromatic N) is 4. The third-order valence-electron chi connectivity index (χ3n) is 4.58. The van der Waals surface area contributed by atoms with Gasteiger partial charge in [-0.3, -0.25) is 9.69 Å². The lowest BCUT2D eigenvalue weighted by Crippen LogP contribution is -2.53. The van der Waals surface area contributed by atoms with Crippen LogP contribution in [0.2, 0.25) is 0 Å². The lowest BCUT2D eigenvalue weighted by molar-refractivity contribution is -0.120. The molecule has 1 N–H and O–H groups in total. The van der Waals surface area contributed by atoms with Gasteiger partial charge in [-0.05, 0) is 31.2 Å². The quantitative estimate of drug-likeness (QED) is 0.913. The predicted octanol–water partition coefficient (Wildman–Crippen LogP) is 2.24. The van der Waals surface area contributed by atoms with Gasteiger partial charge in [0, 0.05) is 32.4 Å². The van der Waals surface area contributed by atoms with Crippen molar-refractivity contribution in [2.45, 2.75) is 13.0 Å². The molecule has 0 saturated carbocycles. The summed E-state index contributed by atoms with van der Waals surface area (Å²) in [7, 11) is 0. The van der Waals surface area contributed by atoms with Crippen LogP contribution in [0.25, 0.3) is 0 Å².